The number of para-hydroxylation sites is 1. The minimum atomic E-state index is -0.427. The van der Waals surface area contributed by atoms with Gasteiger partial charge >= 0.3 is 12.0 Å². The molecule has 4 heterocycles. The Morgan fingerprint density at radius 1 is 1.08 bits per heavy atom. The highest BCUT2D eigenvalue weighted by Gasteiger charge is 2.24. The van der Waals surface area contributed by atoms with Gasteiger partial charge in [-0.15, -0.1) is 5.10 Å². The first-order valence-corrected chi connectivity index (χ1v) is 12.3. The molecule has 4 aromatic rings. The lowest BCUT2D eigenvalue weighted by Crippen LogP contribution is -2.05. The van der Waals surface area contributed by atoms with Gasteiger partial charge in [0.1, 0.15) is 29.8 Å². The number of carbonyl (C=O) groups excluding carboxylic acids is 1. The Balaban J connectivity index is 0.000000169. The molecule has 0 spiro atoms. The van der Waals surface area contributed by atoms with E-state index in [0.29, 0.717) is 35.3 Å². The molecule has 1 atom stereocenters. The van der Waals surface area contributed by atoms with Crippen molar-refractivity contribution < 1.29 is 37.3 Å². The number of epoxide rings is 1. The van der Waals surface area contributed by atoms with Gasteiger partial charge in [-0.25, -0.2) is 9.79 Å². The normalized spacial score (nSPS) is 17.1. The van der Waals surface area contributed by atoms with Gasteiger partial charge in [0.05, 0.1) is 25.2 Å². The number of hydrogen-bond donors (Lipinski definition) is 0. The highest BCUT2D eigenvalue weighted by atomic mass is 16.6. The molecular formula is C28H27N3O8. The van der Waals surface area contributed by atoms with Crippen LogP contribution in [0.2, 0.25) is 0 Å². The molecule has 0 amide bonds. The maximum absolute atomic E-state index is 11.3. The van der Waals surface area contributed by atoms with Crippen LogP contribution in [0.15, 0.2) is 68.1 Å². The fourth-order valence-electron chi connectivity index (χ4n) is 3.62. The molecule has 0 unspecified atom stereocenters. The van der Waals surface area contributed by atoms with E-state index < -0.39 is 5.97 Å². The lowest BCUT2D eigenvalue weighted by molar-refractivity contribution is -0.130. The number of ether oxygens (including phenoxy) is 5. The maximum atomic E-state index is 11.3. The number of carbonyl (C=O) groups is 1. The summed E-state index contributed by atoms with van der Waals surface area (Å²) in [7, 11) is 1.58. The second-order valence-electron chi connectivity index (χ2n) is 8.88. The quantitative estimate of drug-likeness (QED) is 0.172. The van der Waals surface area contributed by atoms with Crippen LogP contribution >= 0.6 is 0 Å². The molecule has 2 aliphatic heterocycles. The van der Waals surface area contributed by atoms with E-state index in [1.807, 2.05) is 62.4 Å². The Morgan fingerprint density at radius 3 is 2.59 bits per heavy atom. The van der Waals surface area contributed by atoms with Crippen LogP contribution < -0.4 is 14.2 Å². The van der Waals surface area contributed by atoms with Gasteiger partial charge in [-0.2, -0.15) is 0 Å². The molecule has 0 bridgehead atoms. The first-order chi connectivity index (χ1) is 18.9. The summed E-state index contributed by atoms with van der Waals surface area (Å²) < 4.78 is 37.5. The molecule has 2 aromatic carbocycles. The Morgan fingerprint density at radius 2 is 1.87 bits per heavy atom. The number of rotatable bonds is 8. The van der Waals surface area contributed by atoms with Crippen LogP contribution in [0.4, 0.5) is 0 Å². The highest BCUT2D eigenvalue weighted by Crippen LogP contribution is 2.34. The Labute approximate surface area is 224 Å². The summed E-state index contributed by atoms with van der Waals surface area (Å²) in [5.41, 5.74) is 1.79. The smallest absolute Gasteiger partial charge is 0.415 e. The van der Waals surface area contributed by atoms with Gasteiger partial charge in [0, 0.05) is 18.6 Å². The molecule has 0 radical (unpaired) electrons. The number of cyclic esters (lactones) is 1. The molecule has 1 saturated heterocycles. The van der Waals surface area contributed by atoms with Crippen molar-refractivity contribution in [2.45, 2.75) is 33.0 Å². The number of aromatic nitrogens is 2. The fraction of sp³-hybridized carbons (Fsp3) is 0.286. The summed E-state index contributed by atoms with van der Waals surface area (Å²) in [6.07, 6.45) is 1.93. The third kappa shape index (κ3) is 6.44. The Hall–Kier alpha value is -4.64. The van der Waals surface area contributed by atoms with Crippen LogP contribution in [0.3, 0.4) is 0 Å². The lowest BCUT2D eigenvalue weighted by Gasteiger charge is -2.04. The van der Waals surface area contributed by atoms with Crippen molar-refractivity contribution in [3.63, 3.8) is 0 Å². The van der Waals surface area contributed by atoms with Crippen molar-refractivity contribution in [3.8, 4) is 29.2 Å². The molecule has 2 aromatic heterocycles. The monoisotopic (exact) mass is 533 g/mol. The molecular weight excluding hydrogens is 506 g/mol. The first-order valence-electron chi connectivity index (χ1n) is 12.3. The van der Waals surface area contributed by atoms with Gasteiger partial charge < -0.3 is 32.5 Å². The summed E-state index contributed by atoms with van der Waals surface area (Å²) in [5.74, 6) is 2.13. The van der Waals surface area contributed by atoms with Crippen molar-refractivity contribution in [1.29, 1.82) is 0 Å². The number of fused-ring (bicyclic) bond motifs is 1. The molecule has 39 heavy (non-hydrogen) atoms. The van der Waals surface area contributed by atoms with Crippen LogP contribution in [0.25, 0.3) is 28.7 Å². The summed E-state index contributed by atoms with van der Waals surface area (Å²) in [4.78, 5) is 15.3. The minimum Gasteiger partial charge on any atom is -0.496 e. The van der Waals surface area contributed by atoms with E-state index in [4.69, 9.17) is 32.5 Å². The maximum Gasteiger partial charge on any atom is 0.415 e. The first kappa shape index (κ1) is 26.0. The number of aliphatic imine (C=N–C) groups is 1. The largest absolute Gasteiger partial charge is 0.496 e. The molecule has 1 fully saturated rings. The van der Waals surface area contributed by atoms with Gasteiger partial charge in [0.2, 0.25) is 0 Å². The van der Waals surface area contributed by atoms with Crippen molar-refractivity contribution in [2.75, 3.05) is 20.3 Å². The highest BCUT2D eigenvalue weighted by molar-refractivity contribution is 6.06. The summed E-state index contributed by atoms with van der Waals surface area (Å²) in [6, 6.07) is 14.9. The SMILES string of the molecule is CC(C)Oc1nnc(-c2cc3c(OC[C@@H]4CO4)cccc3o2)o1.COc1ccccc1/C=C1\N=C(C)OC1=O. The molecule has 0 N–H and O–H groups in total. The Bertz CT molecular complexity index is 1530. The van der Waals surface area contributed by atoms with Crippen molar-refractivity contribution >= 4 is 28.9 Å². The second-order valence-corrected chi connectivity index (χ2v) is 8.88. The number of furan rings is 1. The molecule has 0 saturated carbocycles. The second kappa shape index (κ2) is 11.4. The van der Waals surface area contributed by atoms with Crippen LogP contribution in [-0.4, -0.2) is 54.6 Å². The van der Waals surface area contributed by atoms with E-state index in [1.54, 1.807) is 20.1 Å². The molecule has 6 rings (SSSR count). The van der Waals surface area contributed by atoms with Gasteiger partial charge in [-0.3, -0.25) is 0 Å². The zero-order valence-electron chi connectivity index (χ0n) is 21.9. The van der Waals surface area contributed by atoms with Crippen molar-refractivity contribution in [3.05, 3.63) is 59.8 Å². The van der Waals surface area contributed by atoms with E-state index in [1.165, 1.54) is 0 Å². The Kier molecular flexibility index (Phi) is 7.60. The van der Waals surface area contributed by atoms with Crippen LogP contribution in [0.1, 0.15) is 26.3 Å². The molecule has 11 heteroatoms. The summed E-state index contributed by atoms with van der Waals surface area (Å²) in [6.45, 7) is 6.71. The average molecular weight is 534 g/mol. The molecule has 202 valence electrons. The number of esters is 1. The average Bonchev–Trinajstić information content (AvgIpc) is 3.29. The van der Waals surface area contributed by atoms with Gasteiger partial charge in [-0.05, 0) is 38.1 Å². The van der Waals surface area contributed by atoms with Crippen LogP contribution in [-0.2, 0) is 14.3 Å². The van der Waals surface area contributed by atoms with E-state index in [9.17, 15) is 4.79 Å². The number of methoxy groups -OCH3 is 1. The van der Waals surface area contributed by atoms with E-state index in [0.717, 1.165) is 23.3 Å². The van der Waals surface area contributed by atoms with Crippen LogP contribution in [0, 0.1) is 0 Å². The third-order valence-corrected chi connectivity index (χ3v) is 5.46. The third-order valence-electron chi connectivity index (χ3n) is 5.46. The van der Waals surface area contributed by atoms with Gasteiger partial charge in [0.15, 0.2) is 17.4 Å². The molecule has 11 nitrogen and oxygen atoms in total. The van der Waals surface area contributed by atoms with E-state index >= 15 is 0 Å². The van der Waals surface area contributed by atoms with Gasteiger partial charge in [0.25, 0.3) is 5.89 Å². The summed E-state index contributed by atoms with van der Waals surface area (Å²) >= 11 is 0. The number of nitrogens with zero attached hydrogens (tertiary/aromatic N) is 3. The molecule has 2 aliphatic rings. The number of hydrogen-bond acceptors (Lipinski definition) is 11. The lowest BCUT2D eigenvalue weighted by atomic mass is 10.1. The predicted octanol–water partition coefficient (Wildman–Crippen LogP) is 5.06. The zero-order chi connectivity index (χ0) is 27.4. The van der Waals surface area contributed by atoms with Crippen molar-refractivity contribution in [2.24, 2.45) is 4.99 Å². The fourth-order valence-corrected chi connectivity index (χ4v) is 3.62. The number of benzene rings is 2. The van der Waals surface area contributed by atoms with Crippen LogP contribution in [0.5, 0.6) is 17.6 Å². The zero-order valence-corrected chi connectivity index (χ0v) is 21.9. The van der Waals surface area contributed by atoms with E-state index in [2.05, 4.69) is 15.2 Å². The standard InChI is InChI=1S/C16H16N2O5.C12H11NO3/c1-9(2)21-16-18-17-15(23-16)14-6-11-12(20-8-10-7-19-10)4-3-5-13(11)22-14;1-8-13-10(12(14)16-8)7-9-5-3-4-6-11(9)15-2/h3-6,9-10H,7-8H2,1-2H3;3-7H,1-2H3/b;10-7-/t10-;/m0./s1. The van der Waals surface area contributed by atoms with Gasteiger partial charge in [-0.1, -0.05) is 29.4 Å². The predicted molar refractivity (Wildman–Crippen MR) is 141 cm³/mol. The minimum absolute atomic E-state index is 0.0383. The van der Waals surface area contributed by atoms with Crippen molar-refractivity contribution in [1.82, 2.24) is 10.2 Å². The summed E-state index contributed by atoms with van der Waals surface area (Å²) in [5, 5.41) is 8.65. The molecule has 0 aliphatic carbocycles. The topological polar surface area (TPSA) is 131 Å². The van der Waals surface area contributed by atoms with E-state index in [-0.39, 0.29) is 24.2 Å².